The number of carbonyl (C=O) groups is 1. The number of aliphatic carboxylic acids is 1. The van der Waals surface area contributed by atoms with Crippen LogP contribution in [-0.4, -0.2) is 16.1 Å². The average Bonchev–Trinajstić information content (AvgIpc) is 2.59. The van der Waals surface area contributed by atoms with Crippen LogP contribution in [0.15, 0.2) is 24.4 Å². The Morgan fingerprint density at radius 1 is 1.56 bits per heavy atom. The van der Waals surface area contributed by atoms with Crippen LogP contribution in [0.1, 0.15) is 24.8 Å². The normalized spacial score (nSPS) is 12.9. The van der Waals surface area contributed by atoms with Gasteiger partial charge in [0.1, 0.15) is 5.82 Å². The van der Waals surface area contributed by atoms with E-state index in [1.165, 1.54) is 12.1 Å². The number of rotatable bonds is 3. The second kappa shape index (κ2) is 3.96. The highest BCUT2D eigenvalue weighted by atomic mass is 19.1. The second-order valence-electron chi connectivity index (χ2n) is 3.93. The second-order valence-corrected chi connectivity index (χ2v) is 3.93. The van der Waals surface area contributed by atoms with E-state index >= 15 is 0 Å². The zero-order valence-corrected chi connectivity index (χ0v) is 8.83. The molecule has 2 rings (SSSR count). The largest absolute Gasteiger partial charge is 0.481 e. The van der Waals surface area contributed by atoms with Crippen molar-refractivity contribution in [1.29, 1.82) is 0 Å². The molecule has 1 atom stereocenters. The summed E-state index contributed by atoms with van der Waals surface area (Å²) in [6.07, 6.45) is 1.79. The summed E-state index contributed by atoms with van der Waals surface area (Å²) in [6.45, 7) is 1.82. The Labute approximate surface area is 91.9 Å². The molecule has 0 spiro atoms. The third-order valence-electron chi connectivity index (χ3n) is 2.69. The molecule has 0 radical (unpaired) electrons. The fraction of sp³-hybridized carbons (Fsp3) is 0.250. The number of H-pyrrole nitrogens is 1. The van der Waals surface area contributed by atoms with Gasteiger partial charge in [-0.25, -0.2) is 4.39 Å². The van der Waals surface area contributed by atoms with Gasteiger partial charge in [0.15, 0.2) is 0 Å². The molecule has 16 heavy (non-hydrogen) atoms. The topological polar surface area (TPSA) is 53.1 Å². The summed E-state index contributed by atoms with van der Waals surface area (Å²) < 4.78 is 13.1. The van der Waals surface area contributed by atoms with Gasteiger partial charge < -0.3 is 10.1 Å². The molecule has 0 saturated carbocycles. The molecule has 0 fully saturated rings. The Bertz CT molecular complexity index is 533. The number of benzene rings is 1. The Hall–Kier alpha value is -1.84. The number of nitrogens with one attached hydrogen (secondary N) is 1. The summed E-state index contributed by atoms with van der Waals surface area (Å²) >= 11 is 0. The fourth-order valence-electron chi connectivity index (χ4n) is 1.89. The average molecular weight is 221 g/mol. The molecule has 1 aromatic carbocycles. The van der Waals surface area contributed by atoms with Crippen molar-refractivity contribution in [2.45, 2.75) is 19.3 Å². The molecule has 0 saturated heterocycles. The monoisotopic (exact) mass is 221 g/mol. The lowest BCUT2D eigenvalue weighted by Crippen LogP contribution is -2.02. The van der Waals surface area contributed by atoms with Crippen molar-refractivity contribution in [3.05, 3.63) is 35.8 Å². The van der Waals surface area contributed by atoms with Gasteiger partial charge in [0.05, 0.1) is 6.42 Å². The number of hydrogen-bond acceptors (Lipinski definition) is 1. The van der Waals surface area contributed by atoms with Gasteiger partial charge in [-0.05, 0) is 29.7 Å². The molecule has 0 aliphatic heterocycles. The van der Waals surface area contributed by atoms with Crippen molar-refractivity contribution < 1.29 is 14.3 Å². The van der Waals surface area contributed by atoms with E-state index in [-0.39, 0.29) is 18.2 Å². The maximum absolute atomic E-state index is 13.1. The predicted molar refractivity (Wildman–Crippen MR) is 58.9 cm³/mol. The van der Waals surface area contributed by atoms with Crippen molar-refractivity contribution in [1.82, 2.24) is 4.98 Å². The summed E-state index contributed by atoms with van der Waals surface area (Å²) in [5.41, 5.74) is 1.67. The van der Waals surface area contributed by atoms with Gasteiger partial charge in [-0.15, -0.1) is 0 Å². The molecular weight excluding hydrogens is 209 g/mol. The SMILES string of the molecule is C[C@@H](CC(=O)O)c1c[nH]c2ccc(F)cc12. The quantitative estimate of drug-likeness (QED) is 0.837. The minimum atomic E-state index is -0.849. The highest BCUT2D eigenvalue weighted by Crippen LogP contribution is 2.28. The van der Waals surface area contributed by atoms with Crippen LogP contribution in [0, 0.1) is 5.82 Å². The maximum atomic E-state index is 13.1. The van der Waals surface area contributed by atoms with Gasteiger partial charge >= 0.3 is 5.97 Å². The number of fused-ring (bicyclic) bond motifs is 1. The molecule has 2 aromatic rings. The third kappa shape index (κ3) is 1.91. The first-order valence-corrected chi connectivity index (χ1v) is 5.06. The van der Waals surface area contributed by atoms with E-state index in [1.807, 2.05) is 6.92 Å². The number of aromatic amines is 1. The molecule has 3 nitrogen and oxygen atoms in total. The zero-order chi connectivity index (χ0) is 11.7. The van der Waals surface area contributed by atoms with E-state index in [0.717, 1.165) is 16.5 Å². The minimum absolute atomic E-state index is 0.0451. The Balaban J connectivity index is 2.44. The number of carboxylic acids is 1. The van der Waals surface area contributed by atoms with Crippen LogP contribution in [-0.2, 0) is 4.79 Å². The standard InChI is InChI=1S/C12H12FNO2/c1-7(4-12(15)16)10-6-14-11-3-2-8(13)5-9(10)11/h2-3,5-7,14H,4H2,1H3,(H,15,16)/t7-/m0/s1. The molecule has 0 amide bonds. The highest BCUT2D eigenvalue weighted by Gasteiger charge is 2.14. The van der Waals surface area contributed by atoms with Crippen molar-refractivity contribution in [3.63, 3.8) is 0 Å². The van der Waals surface area contributed by atoms with Crippen LogP contribution in [0.5, 0.6) is 0 Å². The van der Waals surface area contributed by atoms with Gasteiger partial charge in [0.2, 0.25) is 0 Å². The van der Waals surface area contributed by atoms with Crippen molar-refractivity contribution >= 4 is 16.9 Å². The predicted octanol–water partition coefficient (Wildman–Crippen LogP) is 2.89. The maximum Gasteiger partial charge on any atom is 0.303 e. The lowest BCUT2D eigenvalue weighted by Gasteiger charge is -2.06. The Kier molecular flexibility index (Phi) is 2.64. The number of hydrogen-bond donors (Lipinski definition) is 2. The molecule has 84 valence electrons. The molecule has 4 heteroatoms. The molecule has 0 bridgehead atoms. The van der Waals surface area contributed by atoms with Crippen LogP contribution >= 0.6 is 0 Å². The molecular formula is C12H12FNO2. The summed E-state index contributed by atoms with van der Waals surface area (Å²) in [4.78, 5) is 13.6. The smallest absolute Gasteiger partial charge is 0.303 e. The van der Waals surface area contributed by atoms with E-state index in [2.05, 4.69) is 4.98 Å². The third-order valence-corrected chi connectivity index (χ3v) is 2.69. The summed E-state index contributed by atoms with van der Waals surface area (Å²) in [5.74, 6) is -1.29. The van der Waals surface area contributed by atoms with Gasteiger partial charge in [0, 0.05) is 17.1 Å². The number of aromatic nitrogens is 1. The van der Waals surface area contributed by atoms with Crippen LogP contribution in [0.2, 0.25) is 0 Å². The fourth-order valence-corrected chi connectivity index (χ4v) is 1.89. The van der Waals surface area contributed by atoms with Gasteiger partial charge in [-0.3, -0.25) is 4.79 Å². The van der Waals surface area contributed by atoms with Crippen LogP contribution in [0.4, 0.5) is 4.39 Å². The van der Waals surface area contributed by atoms with E-state index in [1.54, 1.807) is 12.3 Å². The molecule has 2 N–H and O–H groups in total. The molecule has 0 unspecified atom stereocenters. The van der Waals surface area contributed by atoms with E-state index in [9.17, 15) is 9.18 Å². The van der Waals surface area contributed by atoms with Crippen LogP contribution in [0.3, 0.4) is 0 Å². The summed E-state index contributed by atoms with van der Waals surface area (Å²) in [7, 11) is 0. The summed E-state index contributed by atoms with van der Waals surface area (Å²) in [5, 5.41) is 9.48. The first kappa shape index (κ1) is 10.7. The molecule has 1 aromatic heterocycles. The van der Waals surface area contributed by atoms with Crippen LogP contribution < -0.4 is 0 Å². The lowest BCUT2D eigenvalue weighted by atomic mass is 9.97. The summed E-state index contributed by atoms with van der Waals surface area (Å²) in [6, 6.07) is 4.46. The molecule has 0 aliphatic carbocycles. The van der Waals surface area contributed by atoms with Crippen molar-refractivity contribution in [2.75, 3.05) is 0 Å². The molecule has 0 aliphatic rings. The first-order valence-electron chi connectivity index (χ1n) is 5.06. The Morgan fingerprint density at radius 2 is 2.31 bits per heavy atom. The number of carboxylic acid groups (broad SMARTS) is 1. The zero-order valence-electron chi connectivity index (χ0n) is 8.83. The van der Waals surface area contributed by atoms with Gasteiger partial charge in [0.25, 0.3) is 0 Å². The van der Waals surface area contributed by atoms with Gasteiger partial charge in [-0.1, -0.05) is 6.92 Å². The lowest BCUT2D eigenvalue weighted by molar-refractivity contribution is -0.137. The van der Waals surface area contributed by atoms with Crippen LogP contribution in [0.25, 0.3) is 10.9 Å². The van der Waals surface area contributed by atoms with E-state index in [4.69, 9.17) is 5.11 Å². The van der Waals surface area contributed by atoms with Crippen molar-refractivity contribution in [2.24, 2.45) is 0 Å². The molecule has 1 heterocycles. The van der Waals surface area contributed by atoms with Gasteiger partial charge in [-0.2, -0.15) is 0 Å². The first-order chi connectivity index (χ1) is 7.58. The highest BCUT2D eigenvalue weighted by molar-refractivity contribution is 5.84. The number of halogens is 1. The van der Waals surface area contributed by atoms with Crippen molar-refractivity contribution in [3.8, 4) is 0 Å². The van der Waals surface area contributed by atoms with E-state index in [0.29, 0.717) is 0 Å². The minimum Gasteiger partial charge on any atom is -0.481 e. The van der Waals surface area contributed by atoms with E-state index < -0.39 is 5.97 Å². The Morgan fingerprint density at radius 3 is 3.00 bits per heavy atom.